The molecule has 2 aliphatic rings. The predicted octanol–water partition coefficient (Wildman–Crippen LogP) is 4.67. The number of halogens is 1. The number of amides is 2. The molecule has 0 unspecified atom stereocenters. The van der Waals surface area contributed by atoms with Crippen molar-refractivity contribution in [3.63, 3.8) is 0 Å². The minimum Gasteiger partial charge on any atom is -0.497 e. The predicted molar refractivity (Wildman–Crippen MR) is 125 cm³/mol. The zero-order chi connectivity index (χ0) is 22.7. The van der Waals surface area contributed by atoms with Gasteiger partial charge in [-0.2, -0.15) is 5.10 Å². The highest BCUT2D eigenvalue weighted by Crippen LogP contribution is 2.34. The first-order valence-corrected chi connectivity index (χ1v) is 11.4. The van der Waals surface area contributed by atoms with Gasteiger partial charge in [-0.15, -0.1) is 0 Å². The van der Waals surface area contributed by atoms with Crippen molar-refractivity contribution >= 4 is 29.1 Å². The molecule has 0 aromatic heterocycles. The lowest BCUT2D eigenvalue weighted by atomic mass is 9.98. The summed E-state index contributed by atoms with van der Waals surface area (Å²) in [5, 5.41) is 6.86. The summed E-state index contributed by atoms with van der Waals surface area (Å²) < 4.78 is 5.25. The molecule has 0 saturated heterocycles. The maximum Gasteiger partial charge on any atom is 0.262 e. The molecule has 4 rings (SSSR count). The number of benzene rings is 2. The molecule has 7 heteroatoms. The number of ether oxygens (including phenoxy) is 1. The second-order valence-electron chi connectivity index (χ2n) is 8.46. The van der Waals surface area contributed by atoms with Gasteiger partial charge in [-0.05, 0) is 60.4 Å². The van der Waals surface area contributed by atoms with Crippen molar-refractivity contribution in [3.8, 4) is 5.75 Å². The maximum atomic E-state index is 13.3. The zero-order valence-electron chi connectivity index (χ0n) is 18.5. The summed E-state index contributed by atoms with van der Waals surface area (Å²) in [5.41, 5.74) is 2.72. The fraction of sp³-hybridized carbons (Fsp3) is 0.400. The average molecular weight is 454 g/mol. The van der Waals surface area contributed by atoms with Crippen molar-refractivity contribution in [1.29, 1.82) is 0 Å². The second kappa shape index (κ2) is 9.74. The lowest BCUT2D eigenvalue weighted by Crippen LogP contribution is -2.41. The van der Waals surface area contributed by atoms with Gasteiger partial charge in [0, 0.05) is 24.4 Å². The first-order chi connectivity index (χ1) is 15.5. The van der Waals surface area contributed by atoms with Gasteiger partial charge in [-0.25, -0.2) is 5.01 Å². The molecule has 0 bridgehead atoms. The van der Waals surface area contributed by atoms with Crippen LogP contribution in [-0.4, -0.2) is 48.1 Å². The third kappa shape index (κ3) is 4.80. The third-order valence-electron chi connectivity index (χ3n) is 6.30. The summed E-state index contributed by atoms with van der Waals surface area (Å²) in [5.74, 6) is 0.665. The normalized spacial score (nSPS) is 18.5. The molecule has 168 valence electrons. The molecule has 0 radical (unpaired) electrons. The Morgan fingerprint density at radius 3 is 2.38 bits per heavy atom. The topological polar surface area (TPSA) is 62.2 Å². The number of carbonyl (C=O) groups is 2. The molecule has 1 heterocycles. The lowest BCUT2D eigenvalue weighted by molar-refractivity contribution is -0.142. The summed E-state index contributed by atoms with van der Waals surface area (Å²) in [6, 6.07) is 14.9. The monoisotopic (exact) mass is 453 g/mol. The van der Waals surface area contributed by atoms with Crippen LogP contribution in [0.2, 0.25) is 5.02 Å². The van der Waals surface area contributed by atoms with Crippen LogP contribution in [0.4, 0.5) is 0 Å². The van der Waals surface area contributed by atoms with Gasteiger partial charge in [0.2, 0.25) is 5.91 Å². The number of methoxy groups -OCH3 is 1. The number of hydrogen-bond donors (Lipinski definition) is 0. The molecule has 32 heavy (non-hydrogen) atoms. The first-order valence-electron chi connectivity index (χ1n) is 11.0. The highest BCUT2D eigenvalue weighted by Gasteiger charge is 2.35. The van der Waals surface area contributed by atoms with E-state index in [2.05, 4.69) is 0 Å². The largest absolute Gasteiger partial charge is 0.497 e. The third-order valence-corrected chi connectivity index (χ3v) is 6.55. The Morgan fingerprint density at radius 2 is 1.75 bits per heavy atom. The zero-order valence-corrected chi connectivity index (χ0v) is 19.2. The van der Waals surface area contributed by atoms with E-state index in [9.17, 15) is 9.59 Å². The Kier molecular flexibility index (Phi) is 6.80. The van der Waals surface area contributed by atoms with Crippen LogP contribution >= 0.6 is 11.6 Å². The Morgan fingerprint density at radius 1 is 1.09 bits per heavy atom. The minimum atomic E-state index is -0.244. The van der Waals surface area contributed by atoms with E-state index in [0.717, 1.165) is 48.3 Å². The number of nitrogens with zero attached hydrogens (tertiary/aromatic N) is 3. The maximum absolute atomic E-state index is 13.3. The van der Waals surface area contributed by atoms with Gasteiger partial charge in [-0.3, -0.25) is 9.59 Å². The van der Waals surface area contributed by atoms with E-state index in [1.807, 2.05) is 48.5 Å². The lowest BCUT2D eigenvalue weighted by Gasteiger charge is -2.26. The van der Waals surface area contributed by atoms with Crippen molar-refractivity contribution in [3.05, 3.63) is 64.7 Å². The fourth-order valence-corrected chi connectivity index (χ4v) is 4.61. The van der Waals surface area contributed by atoms with Crippen LogP contribution in [-0.2, 0) is 9.59 Å². The van der Waals surface area contributed by atoms with Gasteiger partial charge in [0.1, 0.15) is 12.3 Å². The molecule has 1 atom stereocenters. The highest BCUT2D eigenvalue weighted by atomic mass is 35.5. The van der Waals surface area contributed by atoms with Gasteiger partial charge in [0.25, 0.3) is 5.91 Å². The van der Waals surface area contributed by atoms with Gasteiger partial charge in [0.05, 0.1) is 18.9 Å². The Hall–Kier alpha value is -2.86. The number of carbonyl (C=O) groups excluding carboxylic acids is 2. The molecule has 1 aliphatic heterocycles. The molecular weight excluding hydrogens is 426 g/mol. The van der Waals surface area contributed by atoms with E-state index in [0.29, 0.717) is 11.4 Å². The SMILES string of the molecule is COc1ccc(C2=NN(C(=O)CN(C)C(=O)C3CCCC3)[C@H](c3ccc(Cl)cc3)C2)cc1. The van der Waals surface area contributed by atoms with E-state index in [-0.39, 0.29) is 30.3 Å². The van der Waals surface area contributed by atoms with Crippen molar-refractivity contribution in [1.82, 2.24) is 9.91 Å². The van der Waals surface area contributed by atoms with Crippen LogP contribution in [0.1, 0.15) is 49.3 Å². The van der Waals surface area contributed by atoms with Crippen molar-refractivity contribution in [2.24, 2.45) is 11.0 Å². The molecule has 1 fully saturated rings. The second-order valence-corrected chi connectivity index (χ2v) is 8.90. The van der Waals surface area contributed by atoms with Gasteiger partial charge in [0.15, 0.2) is 0 Å². The van der Waals surface area contributed by atoms with Crippen LogP contribution in [0.25, 0.3) is 0 Å². The van der Waals surface area contributed by atoms with E-state index in [1.165, 1.54) is 5.01 Å². The molecule has 0 N–H and O–H groups in total. The fourth-order valence-electron chi connectivity index (χ4n) is 4.48. The summed E-state index contributed by atoms with van der Waals surface area (Å²) in [6.07, 6.45) is 4.57. The molecular formula is C25H28ClN3O3. The quantitative estimate of drug-likeness (QED) is 0.638. The first kappa shape index (κ1) is 22.3. The molecule has 2 aromatic rings. The Bertz CT molecular complexity index is 998. The van der Waals surface area contributed by atoms with E-state index in [4.69, 9.17) is 21.4 Å². The van der Waals surface area contributed by atoms with Gasteiger partial charge < -0.3 is 9.64 Å². The molecule has 6 nitrogen and oxygen atoms in total. The standard InChI is InChI=1S/C25H28ClN3O3/c1-28(25(31)19-5-3-4-6-19)16-24(30)29-23(18-7-11-20(26)12-8-18)15-22(27-29)17-9-13-21(32-2)14-10-17/h7-14,19,23H,3-6,15-16H2,1-2H3/t23-/m0/s1. The van der Waals surface area contributed by atoms with Crippen LogP contribution < -0.4 is 4.74 Å². The summed E-state index contributed by atoms with van der Waals surface area (Å²) in [4.78, 5) is 27.6. The van der Waals surface area contributed by atoms with Crippen LogP contribution in [0.5, 0.6) is 5.75 Å². The van der Waals surface area contributed by atoms with Crippen LogP contribution in [0, 0.1) is 5.92 Å². The summed E-state index contributed by atoms with van der Waals surface area (Å²) >= 11 is 6.07. The van der Waals surface area contributed by atoms with E-state index in [1.54, 1.807) is 19.1 Å². The van der Waals surface area contributed by atoms with Crippen molar-refractivity contribution in [2.45, 2.75) is 38.1 Å². The number of likely N-dealkylation sites (N-methyl/N-ethyl adjacent to an activating group) is 1. The minimum absolute atomic E-state index is 0.0127. The van der Waals surface area contributed by atoms with Gasteiger partial charge >= 0.3 is 0 Å². The van der Waals surface area contributed by atoms with Crippen LogP contribution in [0.15, 0.2) is 53.6 Å². The van der Waals surface area contributed by atoms with Crippen molar-refractivity contribution in [2.75, 3.05) is 20.7 Å². The van der Waals surface area contributed by atoms with Gasteiger partial charge in [-0.1, -0.05) is 36.6 Å². The number of rotatable bonds is 6. The number of hydrazone groups is 1. The molecule has 2 aromatic carbocycles. The average Bonchev–Trinajstić information content (AvgIpc) is 3.50. The summed E-state index contributed by atoms with van der Waals surface area (Å²) in [6.45, 7) is 0.0127. The van der Waals surface area contributed by atoms with E-state index < -0.39 is 0 Å². The Balaban J connectivity index is 1.56. The molecule has 1 aliphatic carbocycles. The van der Waals surface area contributed by atoms with Crippen molar-refractivity contribution < 1.29 is 14.3 Å². The van der Waals surface area contributed by atoms with Crippen LogP contribution in [0.3, 0.4) is 0 Å². The number of hydrogen-bond acceptors (Lipinski definition) is 4. The smallest absolute Gasteiger partial charge is 0.262 e. The highest BCUT2D eigenvalue weighted by molar-refractivity contribution is 6.30. The van der Waals surface area contributed by atoms with E-state index >= 15 is 0 Å². The summed E-state index contributed by atoms with van der Waals surface area (Å²) in [7, 11) is 3.34. The molecule has 1 saturated carbocycles. The Labute approximate surface area is 193 Å². The molecule has 2 amide bonds. The molecule has 0 spiro atoms.